The third kappa shape index (κ3) is 1.66. The molecule has 1 saturated carbocycles. The van der Waals surface area contributed by atoms with E-state index in [1.54, 1.807) is 6.07 Å². The van der Waals surface area contributed by atoms with E-state index in [9.17, 15) is 4.39 Å². The molecule has 0 bridgehead atoms. The first-order chi connectivity index (χ1) is 6.98. The lowest BCUT2D eigenvalue weighted by Crippen LogP contribution is -2.05. The standard InChI is InChI=1S/C12H15ClFN/c1-12(2)9(6-15)11(12)8-5-7(14)3-4-10(8)13/h3-5,9,11H,6,15H2,1-2H3. The van der Waals surface area contributed by atoms with Gasteiger partial charge in [-0.15, -0.1) is 0 Å². The van der Waals surface area contributed by atoms with Crippen molar-refractivity contribution in [1.82, 2.24) is 0 Å². The molecule has 3 heteroatoms. The van der Waals surface area contributed by atoms with Crippen molar-refractivity contribution in [1.29, 1.82) is 0 Å². The summed E-state index contributed by atoms with van der Waals surface area (Å²) in [5.41, 5.74) is 6.73. The van der Waals surface area contributed by atoms with Gasteiger partial charge >= 0.3 is 0 Å². The minimum Gasteiger partial charge on any atom is -0.330 e. The fraction of sp³-hybridized carbons (Fsp3) is 0.500. The zero-order valence-electron chi connectivity index (χ0n) is 8.93. The summed E-state index contributed by atoms with van der Waals surface area (Å²) in [5, 5.41) is 0.644. The second kappa shape index (κ2) is 3.46. The molecule has 2 unspecified atom stereocenters. The molecule has 0 aliphatic heterocycles. The number of hydrogen-bond donors (Lipinski definition) is 1. The van der Waals surface area contributed by atoms with Gasteiger partial charge in [0.05, 0.1) is 0 Å². The Kier molecular flexibility index (Phi) is 2.52. The molecule has 1 aromatic rings. The van der Waals surface area contributed by atoms with Crippen LogP contribution in [0, 0.1) is 17.2 Å². The van der Waals surface area contributed by atoms with Crippen LogP contribution in [0.25, 0.3) is 0 Å². The lowest BCUT2D eigenvalue weighted by atomic mass is 10.0. The van der Waals surface area contributed by atoms with Crippen molar-refractivity contribution >= 4 is 11.6 Å². The van der Waals surface area contributed by atoms with Crippen LogP contribution in [0.5, 0.6) is 0 Å². The van der Waals surface area contributed by atoms with Crippen LogP contribution in [-0.2, 0) is 0 Å². The Morgan fingerprint density at radius 2 is 2.13 bits per heavy atom. The van der Waals surface area contributed by atoms with Crippen LogP contribution in [-0.4, -0.2) is 6.54 Å². The summed E-state index contributed by atoms with van der Waals surface area (Å²) in [5.74, 6) is 0.482. The summed E-state index contributed by atoms with van der Waals surface area (Å²) < 4.78 is 13.1. The van der Waals surface area contributed by atoms with E-state index in [2.05, 4.69) is 13.8 Å². The highest BCUT2D eigenvalue weighted by molar-refractivity contribution is 6.31. The molecule has 2 N–H and O–H groups in total. The monoisotopic (exact) mass is 227 g/mol. The van der Waals surface area contributed by atoms with Gasteiger partial charge in [-0.05, 0) is 47.6 Å². The molecule has 0 aromatic heterocycles. The first kappa shape index (κ1) is 10.9. The van der Waals surface area contributed by atoms with Crippen LogP contribution in [0.1, 0.15) is 25.3 Å². The molecule has 1 aromatic carbocycles. The molecular weight excluding hydrogens is 213 g/mol. The fourth-order valence-corrected chi connectivity index (χ4v) is 2.79. The molecular formula is C12H15ClFN. The molecule has 0 heterocycles. The van der Waals surface area contributed by atoms with Crippen molar-refractivity contribution in [2.75, 3.05) is 6.54 Å². The Morgan fingerprint density at radius 3 is 2.67 bits per heavy atom. The smallest absolute Gasteiger partial charge is 0.123 e. The highest BCUT2D eigenvalue weighted by atomic mass is 35.5. The Balaban J connectivity index is 2.36. The number of halogens is 2. The maximum atomic E-state index is 13.1. The second-order valence-corrected chi connectivity index (χ2v) is 5.21. The van der Waals surface area contributed by atoms with Gasteiger partial charge in [0.1, 0.15) is 5.82 Å². The Hall–Kier alpha value is -0.600. The van der Waals surface area contributed by atoms with Crippen molar-refractivity contribution in [3.05, 3.63) is 34.6 Å². The molecule has 1 aliphatic carbocycles. The van der Waals surface area contributed by atoms with Gasteiger partial charge in [-0.2, -0.15) is 0 Å². The number of rotatable bonds is 2. The molecule has 2 rings (SSSR count). The third-order valence-electron chi connectivity index (χ3n) is 3.60. The molecule has 0 amide bonds. The molecule has 1 aliphatic rings. The van der Waals surface area contributed by atoms with Gasteiger partial charge in [0.2, 0.25) is 0 Å². The molecule has 2 atom stereocenters. The second-order valence-electron chi connectivity index (χ2n) is 4.81. The topological polar surface area (TPSA) is 26.0 Å². The van der Waals surface area contributed by atoms with Crippen LogP contribution in [0.4, 0.5) is 4.39 Å². The van der Waals surface area contributed by atoms with Crippen molar-refractivity contribution in [2.45, 2.75) is 19.8 Å². The summed E-state index contributed by atoms with van der Waals surface area (Å²) in [7, 11) is 0. The van der Waals surface area contributed by atoms with Gasteiger partial charge in [0, 0.05) is 5.02 Å². The van der Waals surface area contributed by atoms with E-state index in [0.717, 1.165) is 5.56 Å². The summed E-state index contributed by atoms with van der Waals surface area (Å²) in [6, 6.07) is 4.54. The average molecular weight is 228 g/mol. The van der Waals surface area contributed by atoms with Crippen molar-refractivity contribution in [3.63, 3.8) is 0 Å². The number of nitrogens with two attached hydrogens (primary N) is 1. The highest BCUT2D eigenvalue weighted by Gasteiger charge is 2.57. The van der Waals surface area contributed by atoms with Crippen molar-refractivity contribution < 1.29 is 4.39 Å². The fourth-order valence-electron chi connectivity index (χ4n) is 2.55. The van der Waals surface area contributed by atoms with E-state index in [1.807, 2.05) is 0 Å². The van der Waals surface area contributed by atoms with E-state index >= 15 is 0 Å². The molecule has 0 spiro atoms. The van der Waals surface area contributed by atoms with Gasteiger partial charge in [-0.25, -0.2) is 4.39 Å². The predicted molar refractivity (Wildman–Crippen MR) is 60.5 cm³/mol. The van der Waals surface area contributed by atoms with Gasteiger partial charge in [0.25, 0.3) is 0 Å². The minimum absolute atomic E-state index is 0.145. The minimum atomic E-state index is -0.229. The zero-order valence-corrected chi connectivity index (χ0v) is 9.68. The molecule has 0 radical (unpaired) electrons. The lowest BCUT2D eigenvalue weighted by molar-refractivity contribution is 0.558. The van der Waals surface area contributed by atoms with E-state index in [4.69, 9.17) is 17.3 Å². The van der Waals surface area contributed by atoms with Gasteiger partial charge < -0.3 is 5.73 Å². The normalized spacial score (nSPS) is 27.8. The number of benzene rings is 1. The zero-order chi connectivity index (χ0) is 11.2. The third-order valence-corrected chi connectivity index (χ3v) is 3.94. The SMILES string of the molecule is CC1(C)C(CN)C1c1cc(F)ccc1Cl. The molecule has 1 nitrogen and oxygen atoms in total. The molecule has 0 saturated heterocycles. The average Bonchev–Trinajstić information content (AvgIpc) is 2.72. The van der Waals surface area contributed by atoms with Crippen LogP contribution < -0.4 is 5.73 Å². The summed E-state index contributed by atoms with van der Waals surface area (Å²) in [6.07, 6.45) is 0. The summed E-state index contributed by atoms with van der Waals surface area (Å²) in [4.78, 5) is 0. The Bertz CT molecular complexity index is 389. The molecule has 1 fully saturated rings. The van der Waals surface area contributed by atoms with Crippen LogP contribution in [0.3, 0.4) is 0 Å². The van der Waals surface area contributed by atoms with Gasteiger partial charge in [-0.3, -0.25) is 0 Å². The first-order valence-corrected chi connectivity index (χ1v) is 5.51. The lowest BCUT2D eigenvalue weighted by Gasteiger charge is -2.05. The summed E-state index contributed by atoms with van der Waals surface area (Å²) >= 11 is 6.07. The predicted octanol–water partition coefficient (Wildman–Crippen LogP) is 3.18. The Morgan fingerprint density at radius 1 is 1.47 bits per heavy atom. The molecule has 82 valence electrons. The Labute approximate surface area is 94.4 Å². The van der Waals surface area contributed by atoms with E-state index in [1.165, 1.54) is 12.1 Å². The van der Waals surface area contributed by atoms with Crippen LogP contribution in [0.2, 0.25) is 5.02 Å². The molecule has 15 heavy (non-hydrogen) atoms. The highest BCUT2D eigenvalue weighted by Crippen LogP contribution is 2.64. The van der Waals surface area contributed by atoms with Crippen LogP contribution in [0.15, 0.2) is 18.2 Å². The number of hydrogen-bond acceptors (Lipinski definition) is 1. The first-order valence-electron chi connectivity index (χ1n) is 5.13. The quantitative estimate of drug-likeness (QED) is 0.825. The van der Waals surface area contributed by atoms with Gasteiger partial charge in [0.15, 0.2) is 0 Å². The largest absolute Gasteiger partial charge is 0.330 e. The maximum Gasteiger partial charge on any atom is 0.123 e. The summed E-state index contributed by atoms with van der Waals surface area (Å²) in [6.45, 7) is 4.93. The van der Waals surface area contributed by atoms with E-state index < -0.39 is 0 Å². The van der Waals surface area contributed by atoms with Crippen LogP contribution >= 0.6 is 11.6 Å². The van der Waals surface area contributed by atoms with Crippen molar-refractivity contribution in [2.24, 2.45) is 17.1 Å². The maximum absolute atomic E-state index is 13.1. The van der Waals surface area contributed by atoms with Gasteiger partial charge in [-0.1, -0.05) is 25.4 Å². The van der Waals surface area contributed by atoms with E-state index in [0.29, 0.717) is 23.4 Å². The van der Waals surface area contributed by atoms with E-state index in [-0.39, 0.29) is 11.2 Å². The van der Waals surface area contributed by atoms with Crippen molar-refractivity contribution in [3.8, 4) is 0 Å².